The van der Waals surface area contributed by atoms with Crippen molar-refractivity contribution in [1.82, 2.24) is 0 Å². The first kappa shape index (κ1) is 13.8. The summed E-state index contributed by atoms with van der Waals surface area (Å²) in [4.78, 5) is 0. The molecule has 4 heteroatoms. The Bertz CT molecular complexity index is 594. The molecule has 0 saturated heterocycles. The van der Waals surface area contributed by atoms with Gasteiger partial charge < -0.3 is 0 Å². The average molecular weight is 336 g/mol. The molecule has 0 saturated carbocycles. The van der Waals surface area contributed by atoms with Crippen molar-refractivity contribution in [3.05, 3.63) is 69.7 Å². The largest absolute Gasteiger partial charge is 0.277 e. The Kier molecular flexibility index (Phi) is 5.19. The van der Waals surface area contributed by atoms with Gasteiger partial charge in [-0.05, 0) is 39.7 Å². The van der Waals surface area contributed by atoms with E-state index in [1.807, 2.05) is 60.7 Å². The molecule has 0 radical (unpaired) electrons. The zero-order valence-electron chi connectivity index (χ0n) is 10.1. The molecule has 96 valence electrons. The van der Waals surface area contributed by atoms with Crippen LogP contribution >= 0.6 is 27.5 Å². The first-order valence-electron chi connectivity index (χ1n) is 5.71. The zero-order chi connectivity index (χ0) is 13.5. The zero-order valence-corrected chi connectivity index (χ0v) is 12.4. The van der Waals surface area contributed by atoms with Crippen LogP contribution in [-0.4, -0.2) is 6.21 Å². The van der Waals surface area contributed by atoms with Crippen LogP contribution in [0.4, 0.5) is 5.69 Å². The first-order chi connectivity index (χ1) is 9.25. The summed E-state index contributed by atoms with van der Waals surface area (Å²) >= 11 is 9.45. The summed E-state index contributed by atoms with van der Waals surface area (Å²) in [7, 11) is 0. The number of nitrogens with zero attached hydrogens (tertiary/aromatic N) is 1. The first-order valence-corrected chi connectivity index (χ1v) is 6.88. The van der Waals surface area contributed by atoms with E-state index >= 15 is 0 Å². The lowest BCUT2D eigenvalue weighted by atomic mass is 10.2. The molecule has 0 aliphatic carbocycles. The van der Waals surface area contributed by atoms with E-state index in [9.17, 15) is 0 Å². The van der Waals surface area contributed by atoms with E-state index < -0.39 is 0 Å². The Labute approximate surface area is 125 Å². The summed E-state index contributed by atoms with van der Waals surface area (Å²) in [6.07, 6.45) is 3.67. The van der Waals surface area contributed by atoms with E-state index in [0.29, 0.717) is 5.02 Å². The van der Waals surface area contributed by atoms with Gasteiger partial charge >= 0.3 is 0 Å². The van der Waals surface area contributed by atoms with Crippen LogP contribution in [-0.2, 0) is 0 Å². The molecule has 2 nitrogen and oxygen atoms in total. The van der Waals surface area contributed by atoms with E-state index in [-0.39, 0.29) is 0 Å². The lowest BCUT2D eigenvalue weighted by molar-refractivity contribution is 1.35. The van der Waals surface area contributed by atoms with E-state index in [0.717, 1.165) is 15.7 Å². The number of para-hydroxylation sites is 1. The predicted octanol–water partition coefficient (Wildman–Crippen LogP) is 5.17. The molecule has 0 bridgehead atoms. The van der Waals surface area contributed by atoms with Gasteiger partial charge in [0.25, 0.3) is 0 Å². The highest BCUT2D eigenvalue weighted by atomic mass is 79.9. The minimum Gasteiger partial charge on any atom is -0.277 e. The van der Waals surface area contributed by atoms with Crippen LogP contribution in [0.1, 0.15) is 5.56 Å². The molecule has 2 aromatic rings. The second-order valence-electron chi connectivity index (χ2n) is 3.79. The number of allylic oxidation sites excluding steroid dienone is 1. The SMILES string of the molecule is Clc1ccccc1N/N=C/C(Br)=C/c1ccccc1. The van der Waals surface area contributed by atoms with Crippen LogP contribution in [0.2, 0.25) is 5.02 Å². The fraction of sp³-hybridized carbons (Fsp3) is 0. The molecule has 2 aromatic carbocycles. The summed E-state index contributed by atoms with van der Waals surface area (Å²) in [5.41, 5.74) is 4.78. The normalized spacial score (nSPS) is 11.8. The molecule has 0 aromatic heterocycles. The second-order valence-corrected chi connectivity index (χ2v) is 5.11. The van der Waals surface area contributed by atoms with Gasteiger partial charge in [-0.2, -0.15) is 5.10 Å². The minimum atomic E-state index is 0.641. The number of hydrogen-bond donors (Lipinski definition) is 1. The molecule has 0 heterocycles. The maximum Gasteiger partial charge on any atom is 0.0748 e. The lowest BCUT2D eigenvalue weighted by Crippen LogP contribution is -1.89. The highest BCUT2D eigenvalue weighted by molar-refractivity contribution is 9.12. The van der Waals surface area contributed by atoms with Gasteiger partial charge in [0.05, 0.1) is 16.9 Å². The van der Waals surface area contributed by atoms with Crippen LogP contribution in [0, 0.1) is 0 Å². The van der Waals surface area contributed by atoms with Crippen LogP contribution in [0.15, 0.2) is 64.2 Å². The van der Waals surface area contributed by atoms with Crippen molar-refractivity contribution in [1.29, 1.82) is 0 Å². The molecule has 2 rings (SSSR count). The van der Waals surface area contributed by atoms with Gasteiger partial charge in [0.15, 0.2) is 0 Å². The van der Waals surface area contributed by atoms with Gasteiger partial charge in [-0.1, -0.05) is 54.1 Å². The van der Waals surface area contributed by atoms with Crippen molar-refractivity contribution in [2.45, 2.75) is 0 Å². The molecule has 0 atom stereocenters. The van der Waals surface area contributed by atoms with E-state index in [4.69, 9.17) is 11.6 Å². The molecule has 1 N–H and O–H groups in total. The number of hydrogen-bond acceptors (Lipinski definition) is 2. The van der Waals surface area contributed by atoms with Crippen LogP contribution in [0.5, 0.6) is 0 Å². The summed E-state index contributed by atoms with van der Waals surface area (Å²) in [5.74, 6) is 0. The molecule has 0 unspecified atom stereocenters. The number of hydrazone groups is 1. The number of rotatable bonds is 4. The van der Waals surface area contributed by atoms with Crippen molar-refractivity contribution in [3.8, 4) is 0 Å². The van der Waals surface area contributed by atoms with Crippen LogP contribution in [0.25, 0.3) is 6.08 Å². The Hall–Kier alpha value is -1.58. The molecule has 0 spiro atoms. The topological polar surface area (TPSA) is 24.4 Å². The van der Waals surface area contributed by atoms with E-state index in [1.165, 1.54) is 0 Å². The van der Waals surface area contributed by atoms with Gasteiger partial charge in [0.1, 0.15) is 0 Å². The third kappa shape index (κ3) is 4.54. The summed E-state index contributed by atoms with van der Waals surface area (Å²) < 4.78 is 0.873. The molecule has 0 aliphatic rings. The van der Waals surface area contributed by atoms with Crippen molar-refractivity contribution in [3.63, 3.8) is 0 Å². The van der Waals surface area contributed by atoms with Crippen molar-refractivity contribution >= 4 is 45.5 Å². The van der Waals surface area contributed by atoms with Crippen molar-refractivity contribution in [2.75, 3.05) is 5.43 Å². The van der Waals surface area contributed by atoms with Gasteiger partial charge in [-0.3, -0.25) is 5.43 Å². The van der Waals surface area contributed by atoms with Crippen molar-refractivity contribution < 1.29 is 0 Å². The Balaban J connectivity index is 2.00. The quantitative estimate of drug-likeness (QED) is 0.604. The highest BCUT2D eigenvalue weighted by Gasteiger charge is 1.95. The van der Waals surface area contributed by atoms with Gasteiger partial charge in [0.2, 0.25) is 0 Å². The second kappa shape index (κ2) is 7.12. The highest BCUT2D eigenvalue weighted by Crippen LogP contribution is 2.20. The fourth-order valence-corrected chi connectivity index (χ4v) is 2.01. The van der Waals surface area contributed by atoms with E-state index in [2.05, 4.69) is 26.5 Å². The molecule has 0 fully saturated rings. The van der Waals surface area contributed by atoms with Gasteiger partial charge in [-0.25, -0.2) is 0 Å². The average Bonchev–Trinajstić information content (AvgIpc) is 2.42. The van der Waals surface area contributed by atoms with Gasteiger partial charge in [-0.15, -0.1) is 0 Å². The third-order valence-electron chi connectivity index (χ3n) is 2.35. The smallest absolute Gasteiger partial charge is 0.0748 e. The number of anilines is 1. The number of benzene rings is 2. The van der Waals surface area contributed by atoms with Crippen molar-refractivity contribution in [2.24, 2.45) is 5.10 Å². The molecule has 0 aliphatic heterocycles. The maximum atomic E-state index is 6.01. The Morgan fingerprint density at radius 2 is 1.74 bits per heavy atom. The molecular formula is C15H12BrClN2. The molecule has 19 heavy (non-hydrogen) atoms. The van der Waals surface area contributed by atoms with E-state index in [1.54, 1.807) is 6.21 Å². The standard InChI is InChI=1S/C15H12BrClN2/c16-13(10-12-6-2-1-3-7-12)11-18-19-15-9-5-4-8-14(15)17/h1-11,19H/b13-10-,18-11+. The Morgan fingerprint density at radius 3 is 2.47 bits per heavy atom. The Morgan fingerprint density at radius 1 is 1.05 bits per heavy atom. The summed E-state index contributed by atoms with van der Waals surface area (Å²) in [6, 6.07) is 17.5. The van der Waals surface area contributed by atoms with Gasteiger partial charge in [0, 0.05) is 4.48 Å². The number of halogens is 2. The minimum absolute atomic E-state index is 0.641. The lowest BCUT2D eigenvalue weighted by Gasteiger charge is -2.01. The monoisotopic (exact) mass is 334 g/mol. The number of nitrogens with one attached hydrogen (secondary N) is 1. The molecular weight excluding hydrogens is 324 g/mol. The summed E-state index contributed by atoms with van der Waals surface area (Å²) in [5, 5.41) is 4.77. The summed E-state index contributed by atoms with van der Waals surface area (Å²) in [6.45, 7) is 0. The maximum absolute atomic E-state index is 6.01. The third-order valence-corrected chi connectivity index (χ3v) is 3.11. The predicted molar refractivity (Wildman–Crippen MR) is 86.9 cm³/mol. The fourth-order valence-electron chi connectivity index (χ4n) is 1.46. The molecule has 0 amide bonds. The van der Waals surface area contributed by atoms with Crippen LogP contribution in [0.3, 0.4) is 0 Å². The van der Waals surface area contributed by atoms with Crippen LogP contribution < -0.4 is 5.43 Å².